The van der Waals surface area contributed by atoms with Gasteiger partial charge in [0.05, 0.1) is 11.4 Å². The van der Waals surface area contributed by atoms with Gasteiger partial charge in [-0.05, 0) is 44.4 Å². The molecule has 4 nitrogen and oxygen atoms in total. The van der Waals surface area contributed by atoms with E-state index in [1.165, 1.54) is 22.4 Å². The predicted molar refractivity (Wildman–Crippen MR) is 116 cm³/mol. The summed E-state index contributed by atoms with van der Waals surface area (Å²) in [6, 6.07) is 21.4. The molecule has 0 saturated carbocycles. The molecular weight excluding hydrogens is 344 g/mol. The molecule has 0 spiro atoms. The first kappa shape index (κ1) is 18.2. The first-order chi connectivity index (χ1) is 13.6. The van der Waals surface area contributed by atoms with Crippen LogP contribution in [-0.2, 0) is 0 Å². The molecule has 2 atom stereocenters. The summed E-state index contributed by atoms with van der Waals surface area (Å²) < 4.78 is 2.32. The first-order valence-electron chi connectivity index (χ1n) is 9.76. The number of fused-ring (bicyclic) bond motifs is 1. The van der Waals surface area contributed by atoms with Crippen LogP contribution < -0.4 is 5.32 Å². The van der Waals surface area contributed by atoms with Gasteiger partial charge in [-0.3, -0.25) is 0 Å². The fourth-order valence-corrected chi connectivity index (χ4v) is 3.92. The summed E-state index contributed by atoms with van der Waals surface area (Å²) in [5.41, 5.74) is 5.93. The number of nitrogens with zero attached hydrogens (tertiary/aromatic N) is 3. The van der Waals surface area contributed by atoms with Crippen LogP contribution >= 0.6 is 0 Å². The van der Waals surface area contributed by atoms with E-state index in [9.17, 15) is 0 Å². The maximum absolute atomic E-state index is 4.66. The van der Waals surface area contributed by atoms with Crippen LogP contribution in [0.3, 0.4) is 0 Å². The van der Waals surface area contributed by atoms with Gasteiger partial charge in [0.1, 0.15) is 17.8 Å². The van der Waals surface area contributed by atoms with Crippen LogP contribution in [0.5, 0.6) is 0 Å². The lowest BCUT2D eigenvalue weighted by molar-refractivity contribution is 0.639. The van der Waals surface area contributed by atoms with E-state index in [2.05, 4.69) is 102 Å². The van der Waals surface area contributed by atoms with E-state index in [-0.39, 0.29) is 12.1 Å². The summed E-state index contributed by atoms with van der Waals surface area (Å²) >= 11 is 0. The highest BCUT2D eigenvalue weighted by atomic mass is 15.1. The molecule has 0 fully saturated rings. The maximum atomic E-state index is 4.66. The van der Waals surface area contributed by atoms with Crippen molar-refractivity contribution in [2.24, 2.45) is 0 Å². The van der Waals surface area contributed by atoms with Crippen molar-refractivity contribution >= 4 is 16.9 Å². The standard InChI is InChI=1S/C24H26N4/c1-16-18(3)28(19(4)21-13-9-6-10-14-21)24-22(16)23(25-15-26-24)27-17(2)20-11-7-5-8-12-20/h5-15,17,19H,1-4H3,(H,25,26,27). The molecule has 4 rings (SSSR count). The van der Waals surface area contributed by atoms with Crippen molar-refractivity contribution in [3.63, 3.8) is 0 Å². The van der Waals surface area contributed by atoms with Crippen LogP contribution in [0.4, 0.5) is 5.82 Å². The summed E-state index contributed by atoms with van der Waals surface area (Å²) in [6.07, 6.45) is 1.66. The smallest absolute Gasteiger partial charge is 0.146 e. The monoisotopic (exact) mass is 370 g/mol. The van der Waals surface area contributed by atoms with E-state index in [1.54, 1.807) is 6.33 Å². The average molecular weight is 371 g/mol. The van der Waals surface area contributed by atoms with E-state index in [1.807, 2.05) is 6.07 Å². The number of rotatable bonds is 5. The molecule has 0 amide bonds. The zero-order valence-electron chi connectivity index (χ0n) is 16.8. The third kappa shape index (κ3) is 3.15. The van der Waals surface area contributed by atoms with Crippen molar-refractivity contribution in [3.05, 3.63) is 89.4 Å². The molecule has 28 heavy (non-hydrogen) atoms. The summed E-state index contributed by atoms with van der Waals surface area (Å²) in [7, 11) is 0. The topological polar surface area (TPSA) is 42.7 Å². The van der Waals surface area contributed by atoms with Crippen molar-refractivity contribution in [3.8, 4) is 0 Å². The Morgan fingerprint density at radius 2 is 1.43 bits per heavy atom. The van der Waals surface area contributed by atoms with Crippen LogP contribution in [0, 0.1) is 13.8 Å². The Morgan fingerprint density at radius 3 is 2.07 bits per heavy atom. The summed E-state index contributed by atoms with van der Waals surface area (Å²) in [6.45, 7) is 8.71. The van der Waals surface area contributed by atoms with Crippen molar-refractivity contribution in [1.29, 1.82) is 0 Å². The average Bonchev–Trinajstić information content (AvgIpc) is 3.00. The van der Waals surface area contributed by atoms with Crippen LogP contribution in [0.25, 0.3) is 11.0 Å². The molecule has 0 aliphatic carbocycles. The second kappa shape index (κ2) is 7.47. The zero-order chi connectivity index (χ0) is 19.7. The Morgan fingerprint density at radius 1 is 0.821 bits per heavy atom. The van der Waals surface area contributed by atoms with Gasteiger partial charge in [0.25, 0.3) is 0 Å². The number of hydrogen-bond acceptors (Lipinski definition) is 3. The third-order valence-electron chi connectivity index (χ3n) is 5.66. The van der Waals surface area contributed by atoms with Gasteiger partial charge >= 0.3 is 0 Å². The molecule has 0 aliphatic heterocycles. The summed E-state index contributed by atoms with van der Waals surface area (Å²) in [5, 5.41) is 4.70. The molecule has 2 heterocycles. The largest absolute Gasteiger partial charge is 0.363 e. The zero-order valence-corrected chi connectivity index (χ0v) is 16.8. The van der Waals surface area contributed by atoms with Gasteiger partial charge in [-0.1, -0.05) is 60.7 Å². The minimum Gasteiger partial charge on any atom is -0.363 e. The number of nitrogens with one attached hydrogen (secondary N) is 1. The summed E-state index contributed by atoms with van der Waals surface area (Å²) in [4.78, 5) is 9.25. The van der Waals surface area contributed by atoms with Gasteiger partial charge in [-0.25, -0.2) is 9.97 Å². The Bertz CT molecular complexity index is 1080. The van der Waals surface area contributed by atoms with Gasteiger partial charge in [-0.2, -0.15) is 0 Å². The Kier molecular flexibility index (Phi) is 4.86. The molecule has 2 aromatic heterocycles. The molecule has 4 aromatic rings. The molecule has 0 aliphatic rings. The SMILES string of the molecule is Cc1c(C)n(C(C)c2ccccc2)c2ncnc(NC(C)c3ccccc3)c12. The van der Waals surface area contributed by atoms with Gasteiger partial charge in [0.15, 0.2) is 0 Å². The number of anilines is 1. The fraction of sp³-hybridized carbons (Fsp3) is 0.250. The molecule has 4 heteroatoms. The highest BCUT2D eigenvalue weighted by Gasteiger charge is 2.21. The normalized spacial score (nSPS) is 13.4. The number of hydrogen-bond donors (Lipinski definition) is 1. The summed E-state index contributed by atoms with van der Waals surface area (Å²) in [5.74, 6) is 0.890. The Hall–Kier alpha value is -3.14. The lowest BCUT2D eigenvalue weighted by Gasteiger charge is -2.18. The molecule has 2 unspecified atom stereocenters. The highest BCUT2D eigenvalue weighted by molar-refractivity contribution is 5.92. The first-order valence-corrected chi connectivity index (χ1v) is 9.76. The Labute approximate surface area is 166 Å². The van der Waals surface area contributed by atoms with E-state index in [0.29, 0.717) is 0 Å². The van der Waals surface area contributed by atoms with Crippen molar-refractivity contribution < 1.29 is 0 Å². The number of aromatic nitrogens is 3. The highest BCUT2D eigenvalue weighted by Crippen LogP contribution is 2.34. The van der Waals surface area contributed by atoms with Crippen LogP contribution in [-0.4, -0.2) is 14.5 Å². The third-order valence-corrected chi connectivity index (χ3v) is 5.66. The van der Waals surface area contributed by atoms with Crippen molar-refractivity contribution in [2.75, 3.05) is 5.32 Å². The lowest BCUT2D eigenvalue weighted by Crippen LogP contribution is -2.10. The molecule has 2 aromatic carbocycles. The predicted octanol–water partition coefficient (Wildman–Crippen LogP) is 5.83. The molecule has 1 N–H and O–H groups in total. The van der Waals surface area contributed by atoms with Crippen molar-refractivity contribution in [1.82, 2.24) is 14.5 Å². The molecule has 142 valence electrons. The van der Waals surface area contributed by atoms with E-state index >= 15 is 0 Å². The van der Waals surface area contributed by atoms with Gasteiger partial charge in [0.2, 0.25) is 0 Å². The molecular formula is C24H26N4. The van der Waals surface area contributed by atoms with E-state index < -0.39 is 0 Å². The second-order valence-corrected chi connectivity index (χ2v) is 7.36. The van der Waals surface area contributed by atoms with Gasteiger partial charge in [0, 0.05) is 11.7 Å². The van der Waals surface area contributed by atoms with Gasteiger partial charge < -0.3 is 9.88 Å². The fourth-order valence-electron chi connectivity index (χ4n) is 3.92. The van der Waals surface area contributed by atoms with Crippen LogP contribution in [0.1, 0.15) is 48.3 Å². The van der Waals surface area contributed by atoms with Crippen LogP contribution in [0.2, 0.25) is 0 Å². The molecule has 0 saturated heterocycles. The van der Waals surface area contributed by atoms with Gasteiger partial charge in [-0.15, -0.1) is 0 Å². The quantitative estimate of drug-likeness (QED) is 0.480. The lowest BCUT2D eigenvalue weighted by atomic mass is 10.1. The number of aryl methyl sites for hydroxylation is 1. The van der Waals surface area contributed by atoms with E-state index in [4.69, 9.17) is 0 Å². The minimum absolute atomic E-state index is 0.161. The number of benzene rings is 2. The second-order valence-electron chi connectivity index (χ2n) is 7.36. The minimum atomic E-state index is 0.161. The van der Waals surface area contributed by atoms with Crippen molar-refractivity contribution in [2.45, 2.75) is 39.8 Å². The van der Waals surface area contributed by atoms with E-state index in [0.717, 1.165) is 16.9 Å². The maximum Gasteiger partial charge on any atom is 0.146 e. The molecule has 0 radical (unpaired) electrons. The Balaban J connectivity index is 1.79. The molecule has 0 bridgehead atoms. The van der Waals surface area contributed by atoms with Crippen LogP contribution in [0.15, 0.2) is 67.0 Å².